The minimum absolute atomic E-state index is 0.0557. The highest BCUT2D eigenvalue weighted by molar-refractivity contribution is 5.72. The predicted octanol–water partition coefficient (Wildman–Crippen LogP) is 12.1. The highest BCUT2D eigenvalue weighted by Crippen LogP contribution is 2.14. The molecule has 0 aliphatic rings. The van der Waals surface area contributed by atoms with Crippen molar-refractivity contribution in [1.82, 2.24) is 0 Å². The lowest BCUT2D eigenvalue weighted by Crippen LogP contribution is -2.50. The van der Waals surface area contributed by atoms with Gasteiger partial charge in [-0.15, -0.1) is 0 Å². The lowest BCUT2D eigenvalue weighted by molar-refractivity contribution is -0.887. The molecule has 2 unspecified atom stereocenters. The van der Waals surface area contributed by atoms with E-state index in [0.717, 1.165) is 64.2 Å². The molecule has 2 atom stereocenters. The molecular formula is C46H86NO7+. The summed E-state index contributed by atoms with van der Waals surface area (Å²) in [5.41, 5.74) is 0. The SMILES string of the molecule is CCCCCCCCC/C=C/CCCCCCCC(=O)OC(COCCC(C(=O)O)[N+](C)(C)C)COC(=O)CCCCC/C=C/CCCCCCCCC. The summed E-state index contributed by atoms with van der Waals surface area (Å²) in [7, 11) is 5.52. The lowest BCUT2D eigenvalue weighted by atomic mass is 10.1. The van der Waals surface area contributed by atoms with Crippen molar-refractivity contribution in [1.29, 1.82) is 0 Å². The zero-order valence-electron chi connectivity index (χ0n) is 35.9. The van der Waals surface area contributed by atoms with Crippen LogP contribution in [-0.4, -0.2) is 80.6 Å². The number of carbonyl (C=O) groups is 3. The van der Waals surface area contributed by atoms with Crippen LogP contribution in [0.2, 0.25) is 0 Å². The van der Waals surface area contributed by atoms with Crippen LogP contribution in [-0.2, 0) is 28.6 Å². The Balaban J connectivity index is 4.37. The van der Waals surface area contributed by atoms with E-state index in [1.165, 1.54) is 103 Å². The third kappa shape index (κ3) is 35.5. The van der Waals surface area contributed by atoms with Gasteiger partial charge in [-0.05, 0) is 64.2 Å². The van der Waals surface area contributed by atoms with E-state index in [9.17, 15) is 19.5 Å². The molecule has 0 spiro atoms. The summed E-state index contributed by atoms with van der Waals surface area (Å²) in [6, 6.07) is -0.615. The average Bonchev–Trinajstić information content (AvgIpc) is 3.12. The molecule has 0 heterocycles. The first-order valence-electron chi connectivity index (χ1n) is 22.4. The van der Waals surface area contributed by atoms with E-state index in [2.05, 4.69) is 38.2 Å². The number of carboxylic acid groups (broad SMARTS) is 1. The Hall–Kier alpha value is -2.19. The van der Waals surface area contributed by atoms with Gasteiger partial charge in [-0.2, -0.15) is 0 Å². The van der Waals surface area contributed by atoms with E-state index in [1.807, 2.05) is 21.1 Å². The number of allylic oxidation sites excluding steroid dienone is 4. The van der Waals surface area contributed by atoms with Gasteiger partial charge in [0, 0.05) is 19.3 Å². The molecule has 8 nitrogen and oxygen atoms in total. The Morgan fingerprint density at radius 1 is 0.537 bits per heavy atom. The van der Waals surface area contributed by atoms with Gasteiger partial charge < -0.3 is 23.8 Å². The van der Waals surface area contributed by atoms with Crippen molar-refractivity contribution in [2.45, 2.75) is 212 Å². The predicted molar refractivity (Wildman–Crippen MR) is 225 cm³/mol. The summed E-state index contributed by atoms with van der Waals surface area (Å²) < 4.78 is 17.3. The number of rotatable bonds is 40. The first kappa shape index (κ1) is 51.8. The van der Waals surface area contributed by atoms with Crippen LogP contribution >= 0.6 is 0 Å². The van der Waals surface area contributed by atoms with Crippen molar-refractivity contribution in [3.8, 4) is 0 Å². The zero-order chi connectivity index (χ0) is 40.0. The van der Waals surface area contributed by atoms with E-state index < -0.39 is 18.1 Å². The van der Waals surface area contributed by atoms with Crippen LogP contribution in [0.3, 0.4) is 0 Å². The number of esters is 2. The standard InChI is InChI=1S/C46H85NO7/c1-6-8-10-12-14-16-18-20-22-23-25-27-29-31-33-35-37-45(49)54-42(40-52-39-38-43(46(50)51)47(3,4)5)41-53-44(48)36-34-32-30-28-26-24-21-19-17-15-13-11-9-7-2/h22-24,26,42-43H,6-21,25,27-41H2,1-5H3/p+1/b23-22+,26-24+. The zero-order valence-corrected chi connectivity index (χ0v) is 35.9. The molecule has 0 saturated carbocycles. The quantitative estimate of drug-likeness (QED) is 0.0287. The molecule has 0 aromatic rings. The van der Waals surface area contributed by atoms with E-state index >= 15 is 0 Å². The molecule has 0 rings (SSSR count). The number of likely N-dealkylation sites (N-methyl/N-ethyl adjacent to an activating group) is 1. The van der Waals surface area contributed by atoms with Crippen LogP contribution in [0.15, 0.2) is 24.3 Å². The number of aliphatic carboxylic acids is 1. The van der Waals surface area contributed by atoms with E-state index in [0.29, 0.717) is 19.3 Å². The Kier molecular flexibility index (Phi) is 36.2. The summed E-state index contributed by atoms with van der Waals surface area (Å²) in [4.78, 5) is 36.9. The maximum Gasteiger partial charge on any atom is 0.362 e. The number of unbranched alkanes of at least 4 members (excludes halogenated alkanes) is 22. The summed E-state index contributed by atoms with van der Waals surface area (Å²) in [6.07, 6.45) is 40.7. The molecule has 0 fully saturated rings. The summed E-state index contributed by atoms with van der Waals surface area (Å²) in [6.45, 7) is 4.71. The van der Waals surface area contributed by atoms with E-state index in [-0.39, 0.29) is 36.2 Å². The van der Waals surface area contributed by atoms with Crippen LogP contribution in [0.4, 0.5) is 0 Å². The molecule has 0 amide bonds. The van der Waals surface area contributed by atoms with Crippen LogP contribution in [0, 0.1) is 0 Å². The summed E-state index contributed by atoms with van der Waals surface area (Å²) >= 11 is 0. The maximum atomic E-state index is 12.7. The number of carboxylic acids is 1. The van der Waals surface area contributed by atoms with Crippen molar-refractivity contribution in [2.75, 3.05) is 41.0 Å². The summed E-state index contributed by atoms with van der Waals surface area (Å²) in [5.74, 6) is -1.49. The number of nitrogens with zero attached hydrogens (tertiary/aromatic N) is 1. The first-order chi connectivity index (χ1) is 26.1. The molecule has 316 valence electrons. The maximum absolute atomic E-state index is 12.7. The second-order valence-corrected chi connectivity index (χ2v) is 16.3. The number of hydrogen-bond donors (Lipinski definition) is 1. The normalized spacial score (nSPS) is 13.1. The highest BCUT2D eigenvalue weighted by atomic mass is 16.6. The van der Waals surface area contributed by atoms with Crippen LogP contribution in [0.5, 0.6) is 0 Å². The van der Waals surface area contributed by atoms with Crippen LogP contribution in [0.25, 0.3) is 0 Å². The number of quaternary nitrogens is 1. The largest absolute Gasteiger partial charge is 0.477 e. The van der Waals surface area contributed by atoms with Gasteiger partial charge >= 0.3 is 17.9 Å². The van der Waals surface area contributed by atoms with Gasteiger partial charge in [-0.25, -0.2) is 4.79 Å². The van der Waals surface area contributed by atoms with Crippen molar-refractivity contribution in [2.24, 2.45) is 0 Å². The Labute approximate surface area is 332 Å². The Morgan fingerprint density at radius 3 is 1.35 bits per heavy atom. The van der Waals surface area contributed by atoms with E-state index in [1.54, 1.807) is 0 Å². The van der Waals surface area contributed by atoms with Gasteiger partial charge in [-0.3, -0.25) is 9.59 Å². The molecule has 1 N–H and O–H groups in total. The van der Waals surface area contributed by atoms with Crippen molar-refractivity contribution in [3.63, 3.8) is 0 Å². The molecular weight excluding hydrogens is 679 g/mol. The molecule has 0 aliphatic carbocycles. The van der Waals surface area contributed by atoms with Crippen molar-refractivity contribution < 1.29 is 38.2 Å². The minimum Gasteiger partial charge on any atom is -0.477 e. The van der Waals surface area contributed by atoms with Gasteiger partial charge in [-0.1, -0.05) is 141 Å². The topological polar surface area (TPSA) is 99.1 Å². The van der Waals surface area contributed by atoms with Gasteiger partial charge in [0.1, 0.15) is 6.61 Å². The minimum atomic E-state index is -0.877. The molecule has 0 saturated heterocycles. The van der Waals surface area contributed by atoms with Crippen LogP contribution in [0.1, 0.15) is 200 Å². The van der Waals surface area contributed by atoms with Gasteiger partial charge in [0.2, 0.25) is 0 Å². The lowest BCUT2D eigenvalue weighted by Gasteiger charge is -2.31. The Morgan fingerprint density at radius 2 is 0.926 bits per heavy atom. The van der Waals surface area contributed by atoms with Crippen molar-refractivity contribution in [3.05, 3.63) is 24.3 Å². The molecule has 0 aliphatic heterocycles. The first-order valence-corrected chi connectivity index (χ1v) is 22.4. The Bertz CT molecular complexity index is 942. The smallest absolute Gasteiger partial charge is 0.362 e. The fourth-order valence-electron chi connectivity index (χ4n) is 6.55. The van der Waals surface area contributed by atoms with Gasteiger partial charge in [0.05, 0.1) is 34.4 Å². The molecule has 0 bridgehead atoms. The molecule has 0 aromatic heterocycles. The monoisotopic (exact) mass is 765 g/mol. The van der Waals surface area contributed by atoms with E-state index in [4.69, 9.17) is 14.2 Å². The molecule has 8 heteroatoms. The highest BCUT2D eigenvalue weighted by Gasteiger charge is 2.31. The third-order valence-electron chi connectivity index (χ3n) is 10.1. The molecule has 0 radical (unpaired) electrons. The fraction of sp³-hybridized carbons (Fsp3) is 0.848. The molecule has 54 heavy (non-hydrogen) atoms. The van der Waals surface area contributed by atoms with Crippen molar-refractivity contribution >= 4 is 17.9 Å². The van der Waals surface area contributed by atoms with Crippen LogP contribution < -0.4 is 0 Å². The third-order valence-corrected chi connectivity index (χ3v) is 10.1. The molecule has 0 aromatic carbocycles. The van der Waals surface area contributed by atoms with Gasteiger partial charge in [0.15, 0.2) is 12.1 Å². The number of hydrogen-bond acceptors (Lipinski definition) is 6. The number of ether oxygens (including phenoxy) is 3. The fourth-order valence-corrected chi connectivity index (χ4v) is 6.55. The second kappa shape index (κ2) is 37.7. The van der Waals surface area contributed by atoms with Gasteiger partial charge in [0.25, 0.3) is 0 Å². The summed E-state index contributed by atoms with van der Waals surface area (Å²) in [5, 5.41) is 9.61. The second-order valence-electron chi connectivity index (χ2n) is 16.3. The number of carbonyl (C=O) groups excluding carboxylic acids is 2. The average molecular weight is 765 g/mol.